The fraction of sp³-hybridized carbons (Fsp3) is 0.120. The molecule has 0 amide bonds. The molecule has 33 heavy (non-hydrogen) atoms. The van der Waals surface area contributed by atoms with Crippen LogP contribution in [0.3, 0.4) is 0 Å². The number of nitrogens with two attached hydrogens (primary N) is 1. The predicted octanol–water partition coefficient (Wildman–Crippen LogP) is 4.28. The van der Waals surface area contributed by atoms with E-state index in [-0.39, 0.29) is 22.8 Å². The summed E-state index contributed by atoms with van der Waals surface area (Å²) in [7, 11) is 3.06. The minimum atomic E-state index is -0.650. The average molecular weight is 446 g/mol. The highest BCUT2D eigenvalue weighted by molar-refractivity contribution is 5.91. The molecule has 3 aromatic rings. The van der Waals surface area contributed by atoms with Crippen molar-refractivity contribution in [3.63, 3.8) is 0 Å². The Morgan fingerprint density at radius 1 is 1.03 bits per heavy atom. The van der Waals surface area contributed by atoms with E-state index in [2.05, 4.69) is 6.07 Å². The van der Waals surface area contributed by atoms with Crippen molar-refractivity contribution in [2.45, 2.75) is 5.92 Å². The topological polar surface area (TPSA) is 104 Å². The number of carbonyl (C=O) groups excluding carboxylic acids is 1. The quantitative estimate of drug-likeness (QED) is 0.461. The molecule has 4 rings (SSSR count). The molecule has 7 nitrogen and oxygen atoms in total. The summed E-state index contributed by atoms with van der Waals surface area (Å²) in [5, 5.41) is 9.75. The molecule has 0 fully saturated rings. The van der Waals surface area contributed by atoms with Crippen LogP contribution in [0.2, 0.25) is 0 Å². The van der Waals surface area contributed by atoms with Gasteiger partial charge in [-0.05, 0) is 48.0 Å². The fourth-order valence-electron chi connectivity index (χ4n) is 3.63. The molecule has 0 saturated carbocycles. The van der Waals surface area contributed by atoms with Crippen LogP contribution in [0.25, 0.3) is 0 Å². The zero-order valence-electron chi connectivity index (χ0n) is 17.8. The van der Waals surface area contributed by atoms with Gasteiger partial charge in [0.25, 0.3) is 0 Å². The van der Waals surface area contributed by atoms with Gasteiger partial charge in [0.2, 0.25) is 5.88 Å². The van der Waals surface area contributed by atoms with Crippen molar-refractivity contribution in [3.8, 4) is 29.1 Å². The van der Waals surface area contributed by atoms with E-state index in [0.717, 1.165) is 5.56 Å². The Kier molecular flexibility index (Phi) is 5.87. The smallest absolute Gasteiger partial charge is 0.343 e. The van der Waals surface area contributed by atoms with E-state index in [4.69, 9.17) is 24.7 Å². The van der Waals surface area contributed by atoms with E-state index in [1.54, 1.807) is 24.3 Å². The van der Waals surface area contributed by atoms with Crippen molar-refractivity contribution >= 4 is 5.97 Å². The van der Waals surface area contributed by atoms with Gasteiger partial charge in [-0.25, -0.2) is 9.18 Å². The molecule has 0 bridgehead atoms. The van der Waals surface area contributed by atoms with E-state index >= 15 is 0 Å². The highest BCUT2D eigenvalue weighted by Gasteiger charge is 2.31. The summed E-state index contributed by atoms with van der Waals surface area (Å²) in [5.74, 6) is -0.0741. The van der Waals surface area contributed by atoms with Crippen molar-refractivity contribution < 1.29 is 28.1 Å². The van der Waals surface area contributed by atoms with E-state index < -0.39 is 17.7 Å². The zero-order chi connectivity index (χ0) is 23.5. The summed E-state index contributed by atoms with van der Waals surface area (Å²) in [6.45, 7) is 0. The number of hydrogen-bond acceptors (Lipinski definition) is 7. The van der Waals surface area contributed by atoms with Crippen LogP contribution in [0.1, 0.15) is 27.4 Å². The first-order valence-electron chi connectivity index (χ1n) is 9.86. The number of ether oxygens (including phenoxy) is 4. The lowest BCUT2D eigenvalue weighted by molar-refractivity contribution is 0.0734. The second kappa shape index (κ2) is 8.93. The summed E-state index contributed by atoms with van der Waals surface area (Å²) < 4.78 is 34.9. The van der Waals surface area contributed by atoms with E-state index in [9.17, 15) is 14.4 Å². The van der Waals surface area contributed by atoms with Gasteiger partial charge in [0, 0.05) is 11.6 Å². The lowest BCUT2D eigenvalue weighted by Crippen LogP contribution is -2.21. The Morgan fingerprint density at radius 2 is 1.76 bits per heavy atom. The Bertz CT molecular complexity index is 1300. The number of benzene rings is 3. The number of halogens is 1. The number of rotatable bonds is 5. The number of allylic oxidation sites excluding steroid dienone is 1. The minimum Gasteiger partial charge on any atom is -0.493 e. The third-order valence-corrected chi connectivity index (χ3v) is 5.22. The van der Waals surface area contributed by atoms with Crippen LogP contribution in [0.4, 0.5) is 4.39 Å². The summed E-state index contributed by atoms with van der Waals surface area (Å²) in [6.07, 6.45) is 0. The lowest BCUT2D eigenvalue weighted by Gasteiger charge is -2.27. The molecule has 1 unspecified atom stereocenters. The van der Waals surface area contributed by atoms with Crippen molar-refractivity contribution in [2.75, 3.05) is 14.2 Å². The van der Waals surface area contributed by atoms with Crippen LogP contribution in [-0.4, -0.2) is 20.2 Å². The van der Waals surface area contributed by atoms with E-state index in [0.29, 0.717) is 22.8 Å². The van der Waals surface area contributed by atoms with Crippen molar-refractivity contribution in [1.82, 2.24) is 0 Å². The number of nitriles is 1. The molecule has 0 aliphatic carbocycles. The van der Waals surface area contributed by atoms with Crippen LogP contribution in [0.15, 0.2) is 72.1 Å². The summed E-state index contributed by atoms with van der Waals surface area (Å²) in [6, 6.07) is 17.3. The molecular formula is C25H19FN2O5. The second-order valence-electron chi connectivity index (χ2n) is 7.14. The first-order valence-corrected chi connectivity index (χ1v) is 9.86. The maximum Gasteiger partial charge on any atom is 0.343 e. The molecule has 2 N–H and O–H groups in total. The van der Waals surface area contributed by atoms with Crippen LogP contribution >= 0.6 is 0 Å². The van der Waals surface area contributed by atoms with Gasteiger partial charge in [0.15, 0.2) is 11.5 Å². The van der Waals surface area contributed by atoms with Crippen molar-refractivity contribution in [2.24, 2.45) is 5.73 Å². The highest BCUT2D eigenvalue weighted by Crippen LogP contribution is 2.45. The van der Waals surface area contributed by atoms with Gasteiger partial charge in [0.05, 0.1) is 25.7 Å². The molecule has 0 aromatic heterocycles. The maximum atomic E-state index is 13.1. The first kappa shape index (κ1) is 21.7. The molecule has 1 aliphatic rings. The van der Waals surface area contributed by atoms with E-state index in [1.165, 1.54) is 44.6 Å². The third-order valence-electron chi connectivity index (χ3n) is 5.22. The fourth-order valence-corrected chi connectivity index (χ4v) is 3.63. The monoisotopic (exact) mass is 446 g/mol. The molecule has 8 heteroatoms. The molecule has 1 heterocycles. The minimum absolute atomic E-state index is 0.0493. The molecule has 0 radical (unpaired) electrons. The van der Waals surface area contributed by atoms with Crippen molar-refractivity contribution in [3.05, 3.63) is 94.6 Å². The summed E-state index contributed by atoms with van der Waals surface area (Å²) >= 11 is 0. The number of hydrogen-bond donors (Lipinski definition) is 1. The molecule has 0 spiro atoms. The highest BCUT2D eigenvalue weighted by atomic mass is 19.1. The van der Waals surface area contributed by atoms with Gasteiger partial charge in [0.1, 0.15) is 29.0 Å². The van der Waals surface area contributed by atoms with E-state index in [1.807, 2.05) is 6.07 Å². The van der Waals surface area contributed by atoms with Crippen molar-refractivity contribution in [1.29, 1.82) is 5.26 Å². The maximum absolute atomic E-state index is 13.1. The Balaban J connectivity index is 1.71. The number of esters is 1. The normalized spacial score (nSPS) is 14.5. The average Bonchev–Trinajstić information content (AvgIpc) is 2.83. The van der Waals surface area contributed by atoms with Gasteiger partial charge in [-0.2, -0.15) is 5.26 Å². The molecule has 166 valence electrons. The largest absolute Gasteiger partial charge is 0.493 e. The number of fused-ring (bicyclic) bond motifs is 1. The van der Waals surface area contributed by atoms with Gasteiger partial charge >= 0.3 is 5.97 Å². The van der Waals surface area contributed by atoms with Gasteiger partial charge in [-0.3, -0.25) is 0 Å². The molecule has 1 aliphatic heterocycles. The number of nitrogens with zero attached hydrogens (tertiary/aromatic N) is 1. The lowest BCUT2D eigenvalue weighted by atomic mass is 9.83. The number of carbonyl (C=O) groups is 1. The second-order valence-corrected chi connectivity index (χ2v) is 7.14. The molecule has 3 aromatic carbocycles. The predicted molar refractivity (Wildman–Crippen MR) is 117 cm³/mol. The van der Waals surface area contributed by atoms with Gasteiger partial charge in [-0.1, -0.05) is 12.1 Å². The Labute approximate surface area is 189 Å². The molecular weight excluding hydrogens is 427 g/mol. The van der Waals surface area contributed by atoms with Crippen LogP contribution in [0, 0.1) is 17.1 Å². The van der Waals surface area contributed by atoms with Gasteiger partial charge < -0.3 is 24.7 Å². The van der Waals surface area contributed by atoms with Crippen LogP contribution in [-0.2, 0) is 0 Å². The van der Waals surface area contributed by atoms with Crippen LogP contribution < -0.4 is 24.7 Å². The van der Waals surface area contributed by atoms with Crippen LogP contribution in [0.5, 0.6) is 23.0 Å². The molecule has 1 atom stereocenters. The summed E-state index contributed by atoms with van der Waals surface area (Å²) in [5.41, 5.74) is 7.90. The Hall–Kier alpha value is -4.51. The third kappa shape index (κ3) is 4.16. The summed E-state index contributed by atoms with van der Waals surface area (Å²) in [4.78, 5) is 12.4. The zero-order valence-corrected chi connectivity index (χ0v) is 17.8. The first-order chi connectivity index (χ1) is 15.9. The standard InChI is InChI=1S/C25H19FN2O5/c1-30-20-10-5-15(11-22(20)31-2)23-18-9-8-17(12-21(18)33-24(28)19(23)13-27)32-25(29)14-3-6-16(26)7-4-14/h3-12,23H,28H2,1-2H3. The molecule has 0 saturated heterocycles. The Morgan fingerprint density at radius 3 is 2.42 bits per heavy atom. The van der Waals surface area contributed by atoms with Gasteiger partial charge in [-0.15, -0.1) is 0 Å². The number of methoxy groups -OCH3 is 2. The SMILES string of the molecule is COc1ccc(C2C(C#N)=C(N)Oc3cc(OC(=O)c4ccc(F)cc4)ccc32)cc1OC.